The van der Waals surface area contributed by atoms with Gasteiger partial charge in [-0.3, -0.25) is 14.5 Å². The Kier molecular flexibility index (Phi) is 9.27. The summed E-state index contributed by atoms with van der Waals surface area (Å²) in [5.41, 5.74) is 2.18. The first-order chi connectivity index (χ1) is 17.5. The number of rotatable bonds is 10. The molecule has 4 rings (SSSR count). The third-order valence-corrected chi connectivity index (χ3v) is 7.43. The van der Waals surface area contributed by atoms with Gasteiger partial charge in [0, 0.05) is 58.4 Å². The number of carbonyl (C=O) groups excluding carboxylic acids is 2. The van der Waals surface area contributed by atoms with Crippen LogP contribution < -0.4 is 15.5 Å². The predicted octanol–water partition coefficient (Wildman–Crippen LogP) is 2.22. The molecule has 0 bridgehead atoms. The molecule has 2 aromatic rings. The third-order valence-electron chi connectivity index (χ3n) is 6.53. The Labute approximate surface area is 215 Å². The van der Waals surface area contributed by atoms with E-state index in [4.69, 9.17) is 14.2 Å². The molecule has 2 N–H and O–H groups in total. The second kappa shape index (κ2) is 12.6. The first-order valence-electron chi connectivity index (χ1n) is 12.2. The average Bonchev–Trinajstić information content (AvgIpc) is 3.56. The number of methoxy groups -OCH3 is 2. The van der Waals surface area contributed by atoms with E-state index in [9.17, 15) is 9.59 Å². The fraction of sp³-hybridized carbons (Fsp3) is 0.560. The molecule has 2 saturated heterocycles. The molecule has 2 aliphatic rings. The number of carbonyl (C=O) groups is 2. The lowest BCUT2D eigenvalue weighted by molar-refractivity contribution is -0.00437. The van der Waals surface area contributed by atoms with Crippen molar-refractivity contribution in [3.63, 3.8) is 0 Å². The summed E-state index contributed by atoms with van der Waals surface area (Å²) in [7, 11) is 3.30. The number of hydrogen-bond acceptors (Lipinski definition) is 9. The summed E-state index contributed by atoms with van der Waals surface area (Å²) in [4.78, 5) is 35.1. The van der Waals surface area contributed by atoms with Crippen molar-refractivity contribution in [3.05, 3.63) is 40.4 Å². The van der Waals surface area contributed by atoms with Gasteiger partial charge in [-0.05, 0) is 31.0 Å². The lowest BCUT2D eigenvalue weighted by Gasteiger charge is -2.33. The number of ether oxygens (including phenoxy) is 3. The SMILES string of the molecule is COCCNC(=O)c1cc(CN2CCOC[C@@H]2C)ccc1NC(=O)c1csc(N2CC[C@H](OC)C2)n1. The van der Waals surface area contributed by atoms with Crippen LogP contribution in [-0.2, 0) is 20.8 Å². The summed E-state index contributed by atoms with van der Waals surface area (Å²) in [5, 5.41) is 8.31. The van der Waals surface area contributed by atoms with Gasteiger partial charge in [0.05, 0.1) is 37.2 Å². The van der Waals surface area contributed by atoms with Crippen molar-refractivity contribution in [1.82, 2.24) is 15.2 Å². The molecule has 3 heterocycles. The maximum absolute atomic E-state index is 13.1. The molecule has 10 nitrogen and oxygen atoms in total. The fourth-order valence-corrected chi connectivity index (χ4v) is 5.22. The van der Waals surface area contributed by atoms with Crippen molar-refractivity contribution in [2.24, 2.45) is 0 Å². The number of benzene rings is 1. The molecule has 0 saturated carbocycles. The molecule has 0 aliphatic carbocycles. The summed E-state index contributed by atoms with van der Waals surface area (Å²) in [6.07, 6.45) is 1.12. The molecule has 2 atom stereocenters. The van der Waals surface area contributed by atoms with Crippen molar-refractivity contribution in [2.45, 2.75) is 32.0 Å². The number of nitrogens with zero attached hydrogens (tertiary/aromatic N) is 3. The van der Waals surface area contributed by atoms with Gasteiger partial charge in [0.25, 0.3) is 11.8 Å². The highest BCUT2D eigenvalue weighted by molar-refractivity contribution is 7.14. The van der Waals surface area contributed by atoms with Crippen molar-refractivity contribution < 1.29 is 23.8 Å². The number of thiazole rings is 1. The van der Waals surface area contributed by atoms with Crippen LogP contribution in [-0.4, -0.2) is 94.1 Å². The third kappa shape index (κ3) is 6.60. The summed E-state index contributed by atoms with van der Waals surface area (Å²) in [6.45, 7) is 7.45. The van der Waals surface area contributed by atoms with E-state index in [0.717, 1.165) is 36.8 Å². The van der Waals surface area contributed by atoms with E-state index in [1.54, 1.807) is 25.7 Å². The minimum Gasteiger partial charge on any atom is -0.383 e. The molecule has 2 amide bonds. The second-order valence-corrected chi connectivity index (χ2v) is 9.92. The Morgan fingerprint density at radius 3 is 2.86 bits per heavy atom. The van der Waals surface area contributed by atoms with Gasteiger partial charge in [-0.25, -0.2) is 4.98 Å². The molecule has 11 heteroatoms. The zero-order valence-corrected chi connectivity index (χ0v) is 21.9. The van der Waals surface area contributed by atoms with Gasteiger partial charge in [-0.2, -0.15) is 0 Å². The molecule has 0 spiro atoms. The van der Waals surface area contributed by atoms with Crippen molar-refractivity contribution >= 4 is 34.0 Å². The Balaban J connectivity index is 1.49. The maximum Gasteiger partial charge on any atom is 0.275 e. The van der Waals surface area contributed by atoms with Crippen LogP contribution in [0.3, 0.4) is 0 Å². The number of hydrogen-bond donors (Lipinski definition) is 2. The van der Waals surface area contributed by atoms with E-state index in [-0.39, 0.29) is 17.9 Å². The van der Waals surface area contributed by atoms with E-state index >= 15 is 0 Å². The van der Waals surface area contributed by atoms with Crippen LogP contribution in [0.5, 0.6) is 0 Å². The summed E-state index contributed by atoms with van der Waals surface area (Å²) in [5.74, 6) is -0.610. The first-order valence-corrected chi connectivity index (χ1v) is 13.1. The number of morpholine rings is 1. The van der Waals surface area contributed by atoms with Crippen LogP contribution in [0.1, 0.15) is 39.8 Å². The standard InChI is InChI=1S/C25H35N5O5S/c1-17-15-35-11-9-29(17)13-18-4-5-21(20(12-18)23(31)26-7-10-33-2)27-24(32)22-16-36-25(28-22)30-8-6-19(14-30)34-3/h4-5,12,16-17,19H,6-11,13-15H2,1-3H3,(H,26,31)(H,27,32)/t17-,19-/m0/s1. The van der Waals surface area contributed by atoms with Crippen LogP contribution in [0, 0.1) is 0 Å². The summed E-state index contributed by atoms with van der Waals surface area (Å²) in [6, 6.07) is 5.89. The van der Waals surface area contributed by atoms with E-state index < -0.39 is 0 Å². The zero-order valence-electron chi connectivity index (χ0n) is 21.1. The molecule has 0 radical (unpaired) electrons. The van der Waals surface area contributed by atoms with Crippen LogP contribution in [0.2, 0.25) is 0 Å². The Hall–Kier alpha value is -2.57. The molecule has 36 heavy (non-hydrogen) atoms. The number of amides is 2. The molecule has 2 aliphatic heterocycles. The van der Waals surface area contributed by atoms with Gasteiger partial charge >= 0.3 is 0 Å². The summed E-state index contributed by atoms with van der Waals surface area (Å²) < 4.78 is 16.0. The highest BCUT2D eigenvalue weighted by Crippen LogP contribution is 2.27. The first kappa shape index (κ1) is 26.5. The van der Waals surface area contributed by atoms with E-state index in [0.29, 0.717) is 55.9 Å². The van der Waals surface area contributed by atoms with Crippen LogP contribution in [0.15, 0.2) is 23.6 Å². The van der Waals surface area contributed by atoms with Gasteiger partial charge in [0.2, 0.25) is 0 Å². The largest absolute Gasteiger partial charge is 0.383 e. The molecule has 1 aromatic carbocycles. The number of aromatic nitrogens is 1. The normalized spacial score (nSPS) is 20.5. The lowest BCUT2D eigenvalue weighted by Crippen LogP contribution is -2.42. The van der Waals surface area contributed by atoms with Crippen LogP contribution >= 0.6 is 11.3 Å². The molecule has 2 fully saturated rings. The Bertz CT molecular complexity index is 1050. The van der Waals surface area contributed by atoms with Crippen LogP contribution in [0.25, 0.3) is 0 Å². The van der Waals surface area contributed by atoms with Crippen molar-refractivity contribution in [1.29, 1.82) is 0 Å². The van der Waals surface area contributed by atoms with Crippen molar-refractivity contribution in [2.75, 3.05) is 70.4 Å². The van der Waals surface area contributed by atoms with Gasteiger partial charge in [0.15, 0.2) is 5.13 Å². The molecular formula is C25H35N5O5S. The zero-order chi connectivity index (χ0) is 25.5. The lowest BCUT2D eigenvalue weighted by atomic mass is 10.1. The quantitative estimate of drug-likeness (QED) is 0.463. The fourth-order valence-electron chi connectivity index (χ4n) is 4.37. The highest BCUT2D eigenvalue weighted by Gasteiger charge is 2.26. The maximum atomic E-state index is 13.1. The summed E-state index contributed by atoms with van der Waals surface area (Å²) >= 11 is 1.43. The minimum absolute atomic E-state index is 0.185. The Morgan fingerprint density at radius 1 is 1.25 bits per heavy atom. The molecule has 196 valence electrons. The van der Waals surface area contributed by atoms with E-state index in [1.165, 1.54) is 11.3 Å². The van der Waals surface area contributed by atoms with Gasteiger partial charge in [-0.15, -0.1) is 11.3 Å². The molecule has 0 unspecified atom stereocenters. The average molecular weight is 518 g/mol. The molecule has 1 aromatic heterocycles. The van der Waals surface area contributed by atoms with Gasteiger partial charge in [-0.1, -0.05) is 6.07 Å². The van der Waals surface area contributed by atoms with Crippen LogP contribution in [0.4, 0.5) is 10.8 Å². The molecular weight excluding hydrogens is 482 g/mol. The number of anilines is 2. The van der Waals surface area contributed by atoms with E-state index in [1.807, 2.05) is 12.1 Å². The van der Waals surface area contributed by atoms with Gasteiger partial charge in [0.1, 0.15) is 5.69 Å². The topological polar surface area (TPSA) is 105 Å². The smallest absolute Gasteiger partial charge is 0.275 e. The predicted molar refractivity (Wildman–Crippen MR) is 139 cm³/mol. The second-order valence-electron chi connectivity index (χ2n) is 9.08. The van der Waals surface area contributed by atoms with Gasteiger partial charge < -0.3 is 29.7 Å². The Morgan fingerprint density at radius 2 is 2.11 bits per heavy atom. The highest BCUT2D eigenvalue weighted by atomic mass is 32.1. The van der Waals surface area contributed by atoms with Crippen molar-refractivity contribution in [3.8, 4) is 0 Å². The van der Waals surface area contributed by atoms with E-state index in [2.05, 4.69) is 32.3 Å². The minimum atomic E-state index is -0.347. The number of nitrogens with one attached hydrogen (secondary N) is 2. The monoisotopic (exact) mass is 517 g/mol.